The predicted octanol–water partition coefficient (Wildman–Crippen LogP) is 3.36. The normalized spacial score (nSPS) is 24.4. The molecule has 25 heavy (non-hydrogen) atoms. The maximum Gasteiger partial charge on any atom is 0.417 e. The van der Waals surface area contributed by atoms with Gasteiger partial charge in [-0.05, 0) is 50.5 Å². The number of ether oxygens (including phenoxy) is 1. The molecule has 0 radical (unpaired) electrons. The van der Waals surface area contributed by atoms with Gasteiger partial charge in [0.25, 0.3) is 5.91 Å². The van der Waals surface area contributed by atoms with E-state index in [0.717, 1.165) is 10.5 Å². The lowest BCUT2D eigenvalue weighted by Crippen LogP contribution is -2.60. The van der Waals surface area contributed by atoms with Crippen molar-refractivity contribution in [3.05, 3.63) is 35.1 Å². The fourth-order valence-electron chi connectivity index (χ4n) is 3.29. The summed E-state index contributed by atoms with van der Waals surface area (Å²) in [7, 11) is 0. The molecular weight excluding hydrogens is 330 g/mol. The van der Waals surface area contributed by atoms with Crippen LogP contribution in [0.3, 0.4) is 0 Å². The summed E-state index contributed by atoms with van der Waals surface area (Å²) in [4.78, 5) is 27.2. The third kappa shape index (κ3) is 3.38. The summed E-state index contributed by atoms with van der Waals surface area (Å²) < 4.78 is 34.2. The van der Waals surface area contributed by atoms with Gasteiger partial charge in [-0.3, -0.25) is 9.69 Å². The summed E-state index contributed by atoms with van der Waals surface area (Å²) in [5.74, 6) is -3.58. The monoisotopic (exact) mass is 352 g/mol. The zero-order valence-electron chi connectivity index (χ0n) is 14.6. The second kappa shape index (κ2) is 6.05. The quantitative estimate of drug-likeness (QED) is 0.727. The minimum Gasteiger partial charge on any atom is -0.443 e. The molecule has 1 saturated heterocycles. The SMILES string of the molecule is CC(C)(C)OC(=O)N1CCCC(F)(N2Cc3ccc(F)cc3C2)C1=O. The van der Waals surface area contributed by atoms with Gasteiger partial charge in [0.2, 0.25) is 5.79 Å². The van der Waals surface area contributed by atoms with Crippen molar-refractivity contribution in [2.24, 2.45) is 0 Å². The number of rotatable bonds is 1. The molecular formula is C18H22F2N2O3. The molecule has 2 amide bonds. The molecule has 0 aromatic heterocycles. The first kappa shape index (κ1) is 17.8. The van der Waals surface area contributed by atoms with Crippen LogP contribution < -0.4 is 0 Å². The molecule has 0 bridgehead atoms. The maximum atomic E-state index is 15.6. The molecule has 2 aliphatic heterocycles. The molecule has 7 heteroatoms. The Bertz CT molecular complexity index is 717. The van der Waals surface area contributed by atoms with Gasteiger partial charge in [-0.25, -0.2) is 18.5 Å². The Labute approximate surface area is 145 Å². The topological polar surface area (TPSA) is 49.9 Å². The van der Waals surface area contributed by atoms with Crippen molar-refractivity contribution < 1.29 is 23.1 Å². The van der Waals surface area contributed by atoms with Crippen molar-refractivity contribution >= 4 is 12.0 Å². The van der Waals surface area contributed by atoms with Crippen molar-refractivity contribution in [2.75, 3.05) is 6.54 Å². The van der Waals surface area contributed by atoms with E-state index >= 15 is 4.39 Å². The molecule has 0 aliphatic carbocycles. The number of hydrogen-bond donors (Lipinski definition) is 0. The summed E-state index contributed by atoms with van der Waals surface area (Å²) in [6, 6.07) is 4.29. The highest BCUT2D eigenvalue weighted by Crippen LogP contribution is 2.37. The van der Waals surface area contributed by atoms with Crippen molar-refractivity contribution in [1.29, 1.82) is 0 Å². The summed E-state index contributed by atoms with van der Waals surface area (Å²) in [6.45, 7) is 5.54. The molecule has 1 aromatic carbocycles. The fraction of sp³-hybridized carbons (Fsp3) is 0.556. The van der Waals surface area contributed by atoms with Gasteiger partial charge >= 0.3 is 6.09 Å². The summed E-state index contributed by atoms with van der Waals surface area (Å²) in [5, 5.41) is 0. The Morgan fingerprint density at radius 1 is 1.24 bits per heavy atom. The number of benzene rings is 1. The number of imide groups is 1. The second-order valence-corrected chi connectivity index (χ2v) is 7.57. The molecule has 2 heterocycles. The molecule has 2 aliphatic rings. The van der Waals surface area contributed by atoms with Crippen molar-refractivity contribution in [3.63, 3.8) is 0 Å². The molecule has 1 unspecified atom stereocenters. The van der Waals surface area contributed by atoms with Gasteiger partial charge in [-0.1, -0.05) is 6.07 Å². The van der Waals surface area contributed by atoms with Gasteiger partial charge in [-0.2, -0.15) is 0 Å². The Balaban J connectivity index is 1.79. The Kier molecular flexibility index (Phi) is 4.31. The van der Waals surface area contributed by atoms with Crippen LogP contribution in [0.15, 0.2) is 18.2 Å². The molecule has 0 N–H and O–H groups in total. The first-order chi connectivity index (χ1) is 11.6. The summed E-state index contributed by atoms with van der Waals surface area (Å²) in [6.07, 6.45) is -0.480. The van der Waals surface area contributed by atoms with E-state index < -0.39 is 23.4 Å². The third-order valence-electron chi connectivity index (χ3n) is 4.47. The maximum absolute atomic E-state index is 15.6. The average molecular weight is 352 g/mol. The number of fused-ring (bicyclic) bond motifs is 1. The van der Waals surface area contributed by atoms with E-state index in [0.29, 0.717) is 12.0 Å². The highest BCUT2D eigenvalue weighted by molar-refractivity contribution is 5.97. The lowest BCUT2D eigenvalue weighted by molar-refractivity contribution is -0.166. The lowest BCUT2D eigenvalue weighted by atomic mass is 10.0. The van der Waals surface area contributed by atoms with Crippen LogP contribution in [0.25, 0.3) is 0 Å². The summed E-state index contributed by atoms with van der Waals surface area (Å²) in [5.41, 5.74) is 0.690. The number of halogens is 2. The van der Waals surface area contributed by atoms with E-state index in [1.807, 2.05) is 0 Å². The third-order valence-corrected chi connectivity index (χ3v) is 4.47. The molecule has 1 atom stereocenters. The van der Waals surface area contributed by atoms with Crippen LogP contribution in [0.5, 0.6) is 0 Å². The van der Waals surface area contributed by atoms with Crippen LogP contribution in [-0.4, -0.2) is 39.7 Å². The van der Waals surface area contributed by atoms with Gasteiger partial charge in [-0.15, -0.1) is 0 Å². The molecule has 1 aromatic rings. The van der Waals surface area contributed by atoms with Crippen molar-refractivity contribution in [2.45, 2.75) is 58.1 Å². The minimum atomic E-state index is -2.29. The van der Waals surface area contributed by atoms with Gasteiger partial charge < -0.3 is 4.74 Å². The molecule has 1 fully saturated rings. The number of amides is 2. The Hall–Kier alpha value is -2.02. The van der Waals surface area contributed by atoms with Crippen LogP contribution in [0.4, 0.5) is 13.6 Å². The largest absolute Gasteiger partial charge is 0.443 e. The van der Waals surface area contributed by atoms with E-state index in [2.05, 4.69) is 0 Å². The van der Waals surface area contributed by atoms with E-state index in [9.17, 15) is 14.0 Å². The van der Waals surface area contributed by atoms with Crippen LogP contribution in [0.2, 0.25) is 0 Å². The van der Waals surface area contributed by atoms with Gasteiger partial charge in [0, 0.05) is 26.1 Å². The molecule has 136 valence electrons. The highest BCUT2D eigenvalue weighted by atomic mass is 19.1. The van der Waals surface area contributed by atoms with Crippen molar-refractivity contribution in [3.8, 4) is 0 Å². The summed E-state index contributed by atoms with van der Waals surface area (Å²) >= 11 is 0. The number of carbonyl (C=O) groups excluding carboxylic acids is 2. The standard InChI is InChI=1S/C18H22F2N2O3/c1-17(2,3)25-16(24)22-8-4-7-18(20,15(22)23)21-10-12-5-6-14(19)9-13(12)11-21/h5-6,9H,4,7-8,10-11H2,1-3H3. The molecule has 5 nitrogen and oxygen atoms in total. The van der Waals surface area contributed by atoms with E-state index in [4.69, 9.17) is 4.74 Å². The molecule has 0 spiro atoms. The van der Waals surface area contributed by atoms with Gasteiger partial charge in [0.1, 0.15) is 11.4 Å². The van der Waals surface area contributed by atoms with Gasteiger partial charge in [0.15, 0.2) is 0 Å². The van der Waals surface area contributed by atoms with Crippen molar-refractivity contribution in [1.82, 2.24) is 9.80 Å². The van der Waals surface area contributed by atoms with Crippen LogP contribution in [0.1, 0.15) is 44.7 Å². The van der Waals surface area contributed by atoms with E-state index in [1.54, 1.807) is 26.8 Å². The Morgan fingerprint density at radius 3 is 2.60 bits per heavy atom. The zero-order valence-corrected chi connectivity index (χ0v) is 14.6. The van der Waals surface area contributed by atoms with E-state index in [-0.39, 0.29) is 31.9 Å². The predicted molar refractivity (Wildman–Crippen MR) is 86.7 cm³/mol. The Morgan fingerprint density at radius 2 is 1.92 bits per heavy atom. The number of carbonyl (C=O) groups is 2. The number of hydrogen-bond acceptors (Lipinski definition) is 4. The van der Waals surface area contributed by atoms with Gasteiger partial charge in [0.05, 0.1) is 0 Å². The average Bonchev–Trinajstić information content (AvgIpc) is 2.92. The zero-order chi connectivity index (χ0) is 18.4. The number of likely N-dealkylation sites (tertiary alicyclic amines) is 1. The number of piperidine rings is 1. The minimum absolute atomic E-state index is 0.00159. The fourth-order valence-corrected chi connectivity index (χ4v) is 3.29. The van der Waals surface area contributed by atoms with Crippen LogP contribution in [-0.2, 0) is 22.6 Å². The second-order valence-electron chi connectivity index (χ2n) is 7.57. The highest BCUT2D eigenvalue weighted by Gasteiger charge is 2.52. The first-order valence-electron chi connectivity index (χ1n) is 8.36. The molecule has 3 rings (SSSR count). The molecule has 0 saturated carbocycles. The first-order valence-corrected chi connectivity index (χ1v) is 8.36. The van der Waals surface area contributed by atoms with Crippen LogP contribution >= 0.6 is 0 Å². The number of alkyl halides is 1. The number of nitrogens with zero attached hydrogens (tertiary/aromatic N) is 2. The lowest BCUT2D eigenvalue weighted by Gasteiger charge is -2.40. The van der Waals surface area contributed by atoms with Crippen LogP contribution in [0, 0.1) is 5.82 Å². The van der Waals surface area contributed by atoms with E-state index in [1.165, 1.54) is 17.0 Å². The smallest absolute Gasteiger partial charge is 0.417 e.